The second-order valence-electron chi connectivity index (χ2n) is 6.25. The lowest BCUT2D eigenvalue weighted by Crippen LogP contribution is -2.49. The van der Waals surface area contributed by atoms with Crippen molar-refractivity contribution in [3.63, 3.8) is 0 Å². The van der Waals surface area contributed by atoms with Crippen LogP contribution in [0.25, 0.3) is 11.3 Å². The Bertz CT molecular complexity index is 749. The second kappa shape index (κ2) is 5.13. The lowest BCUT2D eigenvalue weighted by molar-refractivity contribution is -0.665. The average molecular weight is 291 g/mol. The first-order chi connectivity index (χ1) is 10.4. The molecule has 20 heavy (non-hydrogen) atoms. The number of hydrogen-bond acceptors (Lipinski definition) is 0. The molecule has 0 radical (unpaired) electrons. The van der Waals surface area contributed by atoms with Gasteiger partial charge in [0.25, 0.3) is 0 Å². The van der Waals surface area contributed by atoms with Gasteiger partial charge in [-0.1, -0.05) is 25.7 Å². The zero-order valence-corrected chi connectivity index (χ0v) is 13.7. The predicted molar refractivity (Wildman–Crippen MR) is 85.5 cm³/mol. The molecular formula is C17H23FNSi+. The summed E-state index contributed by atoms with van der Waals surface area (Å²) in [5.74, 6) is -0.288. The Morgan fingerprint density at radius 1 is 1.15 bits per heavy atom. The van der Waals surface area contributed by atoms with Gasteiger partial charge in [0.15, 0.2) is 5.69 Å². The van der Waals surface area contributed by atoms with Crippen LogP contribution < -0.4 is 9.75 Å². The van der Waals surface area contributed by atoms with E-state index in [4.69, 9.17) is 4.11 Å². The maximum atomic E-state index is 13.4. The average Bonchev–Trinajstić information content (AvgIpc) is 2.36. The lowest BCUT2D eigenvalue weighted by atomic mass is 10.0. The van der Waals surface area contributed by atoms with Crippen LogP contribution >= 0.6 is 0 Å². The molecule has 0 saturated heterocycles. The van der Waals surface area contributed by atoms with Crippen LogP contribution in [-0.4, -0.2) is 8.07 Å². The van der Waals surface area contributed by atoms with Crippen LogP contribution in [0.1, 0.15) is 15.4 Å². The van der Waals surface area contributed by atoms with Crippen LogP contribution in [-0.2, 0) is 7.05 Å². The fourth-order valence-electron chi connectivity index (χ4n) is 2.44. The van der Waals surface area contributed by atoms with Crippen molar-refractivity contribution in [2.24, 2.45) is 7.05 Å². The second-order valence-corrected chi connectivity index (χ2v) is 11.3. The minimum absolute atomic E-state index is 0.288. The molecule has 0 bridgehead atoms. The standard InChI is InChI=1S/C17H23FNSi/c1-12-11-14(18)7-8-15(12)16-9-10-17(20(4,5)6)13(2)19(16)3/h7-11H,1-6H3/q+1/i2D3. The molecule has 0 unspecified atom stereocenters. The van der Waals surface area contributed by atoms with Gasteiger partial charge in [-0.15, -0.1) is 0 Å². The highest BCUT2D eigenvalue weighted by molar-refractivity contribution is 6.88. The summed E-state index contributed by atoms with van der Waals surface area (Å²) in [5, 5.41) is 0.934. The Labute approximate surface area is 126 Å². The summed E-state index contributed by atoms with van der Waals surface area (Å²) in [7, 11) is -0.0251. The molecular weight excluding hydrogens is 265 g/mol. The monoisotopic (exact) mass is 291 g/mol. The summed E-state index contributed by atoms with van der Waals surface area (Å²) in [6.07, 6.45) is 0. The van der Waals surface area contributed by atoms with Crippen molar-refractivity contribution in [3.05, 3.63) is 47.4 Å². The van der Waals surface area contributed by atoms with E-state index in [0.717, 1.165) is 22.0 Å². The molecule has 0 spiro atoms. The number of aryl methyl sites for hydroxylation is 1. The summed E-state index contributed by atoms with van der Waals surface area (Å²) in [5.41, 5.74) is 2.81. The molecule has 0 N–H and O–H groups in total. The van der Waals surface area contributed by atoms with Crippen molar-refractivity contribution in [1.82, 2.24) is 0 Å². The molecule has 1 heterocycles. The molecule has 0 aliphatic rings. The van der Waals surface area contributed by atoms with E-state index in [-0.39, 0.29) is 5.82 Å². The number of benzene rings is 1. The highest BCUT2D eigenvalue weighted by Crippen LogP contribution is 2.21. The molecule has 106 valence electrons. The minimum atomic E-state index is -2.19. The van der Waals surface area contributed by atoms with Crippen LogP contribution in [0.3, 0.4) is 0 Å². The minimum Gasteiger partial charge on any atom is -0.207 e. The summed E-state index contributed by atoms with van der Waals surface area (Å²) in [6, 6.07) is 8.47. The number of pyridine rings is 1. The van der Waals surface area contributed by atoms with Crippen molar-refractivity contribution < 1.29 is 13.1 Å². The van der Waals surface area contributed by atoms with Gasteiger partial charge in [0.1, 0.15) is 12.9 Å². The highest BCUT2D eigenvalue weighted by Gasteiger charge is 2.25. The first-order valence-corrected chi connectivity index (χ1v) is 10.2. The van der Waals surface area contributed by atoms with E-state index in [0.29, 0.717) is 5.69 Å². The Morgan fingerprint density at radius 2 is 1.85 bits per heavy atom. The van der Waals surface area contributed by atoms with Gasteiger partial charge < -0.3 is 0 Å². The molecule has 0 aliphatic carbocycles. The Hall–Kier alpha value is -1.48. The van der Waals surface area contributed by atoms with Gasteiger partial charge in [-0.05, 0) is 30.7 Å². The Balaban J connectivity index is 2.79. The van der Waals surface area contributed by atoms with Crippen molar-refractivity contribution in [3.8, 4) is 11.3 Å². The van der Waals surface area contributed by atoms with Crippen molar-refractivity contribution >= 4 is 13.3 Å². The molecule has 0 saturated carbocycles. The number of halogens is 1. The SMILES string of the molecule is [2H]C([2H])([2H])c1c([Si](C)(C)C)ccc(-c2ccc(F)cc2C)[n+]1C. The van der Waals surface area contributed by atoms with E-state index in [1.807, 2.05) is 19.1 Å². The van der Waals surface area contributed by atoms with E-state index < -0.39 is 14.9 Å². The van der Waals surface area contributed by atoms with Crippen molar-refractivity contribution in [2.75, 3.05) is 0 Å². The Morgan fingerprint density at radius 3 is 2.40 bits per heavy atom. The van der Waals surface area contributed by atoms with Gasteiger partial charge in [-0.3, -0.25) is 0 Å². The maximum absolute atomic E-state index is 13.4. The molecule has 2 aromatic rings. The van der Waals surface area contributed by atoms with E-state index in [1.165, 1.54) is 12.1 Å². The Kier molecular flexibility index (Phi) is 2.88. The van der Waals surface area contributed by atoms with Gasteiger partial charge in [0.05, 0.1) is 8.07 Å². The van der Waals surface area contributed by atoms with Crippen molar-refractivity contribution in [2.45, 2.75) is 33.4 Å². The highest BCUT2D eigenvalue weighted by atomic mass is 28.3. The van der Waals surface area contributed by atoms with E-state index >= 15 is 0 Å². The van der Waals surface area contributed by atoms with Crippen LogP contribution in [0.5, 0.6) is 0 Å². The summed E-state index contributed by atoms with van der Waals surface area (Å²) < 4.78 is 39.0. The maximum Gasteiger partial charge on any atom is 0.212 e. The van der Waals surface area contributed by atoms with Gasteiger partial charge in [0.2, 0.25) is 5.69 Å². The van der Waals surface area contributed by atoms with Gasteiger partial charge in [-0.2, -0.15) is 4.57 Å². The van der Waals surface area contributed by atoms with E-state index in [2.05, 4.69) is 19.6 Å². The molecule has 0 fully saturated rings. The summed E-state index contributed by atoms with van der Waals surface area (Å²) >= 11 is 0. The van der Waals surface area contributed by atoms with E-state index in [1.54, 1.807) is 17.7 Å². The third-order valence-electron chi connectivity index (χ3n) is 3.63. The molecule has 2 rings (SSSR count). The topological polar surface area (TPSA) is 3.88 Å². The van der Waals surface area contributed by atoms with Crippen molar-refractivity contribution in [1.29, 1.82) is 0 Å². The smallest absolute Gasteiger partial charge is 0.207 e. The number of nitrogens with zero attached hydrogens (tertiary/aromatic N) is 1. The molecule has 1 nitrogen and oxygen atoms in total. The zero-order valence-electron chi connectivity index (χ0n) is 15.7. The zero-order chi connectivity index (χ0) is 17.6. The van der Waals surface area contributed by atoms with Gasteiger partial charge in [-0.25, -0.2) is 4.39 Å². The largest absolute Gasteiger partial charge is 0.212 e. The first-order valence-electron chi connectivity index (χ1n) is 8.23. The first kappa shape index (κ1) is 11.2. The molecule has 3 heteroatoms. The van der Waals surface area contributed by atoms with Crippen LogP contribution in [0.2, 0.25) is 19.6 Å². The lowest BCUT2D eigenvalue weighted by Gasteiger charge is -2.18. The molecule has 0 aliphatic heterocycles. The van der Waals surface area contributed by atoms with Gasteiger partial charge in [0, 0.05) is 27.8 Å². The van der Waals surface area contributed by atoms with Crippen LogP contribution in [0.4, 0.5) is 4.39 Å². The fourth-order valence-corrected chi connectivity index (χ4v) is 3.91. The van der Waals surface area contributed by atoms with Crippen LogP contribution in [0.15, 0.2) is 30.3 Å². The fraction of sp³-hybridized carbons (Fsp3) is 0.353. The number of hydrogen-bond donors (Lipinski definition) is 0. The molecule has 0 amide bonds. The number of aromatic nitrogens is 1. The molecule has 1 aromatic heterocycles. The molecule has 0 atom stereocenters. The third kappa shape index (κ3) is 2.68. The molecule has 1 aromatic carbocycles. The quantitative estimate of drug-likeness (QED) is 0.589. The van der Waals surface area contributed by atoms with Crippen LogP contribution in [0, 0.1) is 19.6 Å². The van der Waals surface area contributed by atoms with Gasteiger partial charge >= 0.3 is 0 Å². The number of rotatable bonds is 2. The summed E-state index contributed by atoms with van der Waals surface area (Å²) in [6.45, 7) is 6.06. The third-order valence-corrected chi connectivity index (χ3v) is 5.65. The summed E-state index contributed by atoms with van der Waals surface area (Å²) in [4.78, 5) is 0. The predicted octanol–water partition coefficient (Wildman–Crippen LogP) is 3.48. The normalized spacial score (nSPS) is 14.6. The van der Waals surface area contributed by atoms with E-state index in [9.17, 15) is 4.39 Å².